The highest BCUT2D eigenvalue weighted by molar-refractivity contribution is 14.1. The highest BCUT2D eigenvalue weighted by Crippen LogP contribution is 2.24. The van der Waals surface area contributed by atoms with E-state index < -0.39 is 11.8 Å². The van der Waals surface area contributed by atoms with Crippen LogP contribution in [-0.2, 0) is 13.0 Å². The number of hydrogen-bond acceptors (Lipinski definition) is 5. The average molecular weight is 561 g/mol. The molecule has 2 amide bonds. The van der Waals surface area contributed by atoms with E-state index in [1.807, 2.05) is 41.8 Å². The maximum absolute atomic E-state index is 13.3. The molecular weight excluding hydrogens is 533 g/mol. The van der Waals surface area contributed by atoms with Crippen molar-refractivity contribution in [2.24, 2.45) is 5.73 Å². The van der Waals surface area contributed by atoms with Crippen LogP contribution >= 0.6 is 22.6 Å². The highest BCUT2D eigenvalue weighted by Gasteiger charge is 2.24. The van der Waals surface area contributed by atoms with Crippen molar-refractivity contribution in [1.29, 1.82) is 0 Å². The van der Waals surface area contributed by atoms with Gasteiger partial charge in [0.1, 0.15) is 17.2 Å². The summed E-state index contributed by atoms with van der Waals surface area (Å²) >= 11 is 2.10. The van der Waals surface area contributed by atoms with E-state index in [1.165, 1.54) is 0 Å². The first-order valence-corrected chi connectivity index (χ1v) is 12.0. The summed E-state index contributed by atoms with van der Waals surface area (Å²) in [7, 11) is 0. The quantitative estimate of drug-likeness (QED) is 0.266. The molecule has 0 aliphatic carbocycles. The van der Waals surface area contributed by atoms with Gasteiger partial charge in [-0.15, -0.1) is 0 Å². The molecule has 0 aliphatic heterocycles. The van der Waals surface area contributed by atoms with Crippen LogP contribution in [0.2, 0.25) is 0 Å². The number of amides is 2. The Kier molecular flexibility index (Phi) is 8.81. The number of primary amides is 1. The van der Waals surface area contributed by atoms with Gasteiger partial charge >= 0.3 is 0 Å². The first kappa shape index (κ1) is 24.7. The molecule has 174 valence electrons. The van der Waals surface area contributed by atoms with Crippen LogP contribution in [0.4, 0.5) is 5.82 Å². The predicted octanol–water partition coefficient (Wildman–Crippen LogP) is 4.41. The van der Waals surface area contributed by atoms with Crippen molar-refractivity contribution in [2.45, 2.75) is 46.1 Å². The number of halogens is 1. The first-order chi connectivity index (χ1) is 15.9. The van der Waals surface area contributed by atoms with Gasteiger partial charge in [0.05, 0.1) is 6.61 Å². The Balaban J connectivity index is 1.98. The summed E-state index contributed by atoms with van der Waals surface area (Å²) in [6, 6.07) is 11.5. The molecule has 1 aromatic carbocycles. The van der Waals surface area contributed by atoms with Gasteiger partial charge in [0, 0.05) is 22.7 Å². The molecule has 2 aromatic heterocycles. The summed E-state index contributed by atoms with van der Waals surface area (Å²) in [6.45, 7) is 5.12. The fourth-order valence-corrected chi connectivity index (χ4v) is 3.82. The van der Waals surface area contributed by atoms with Gasteiger partial charge in [0.15, 0.2) is 5.69 Å². The van der Waals surface area contributed by atoms with Gasteiger partial charge in [0.25, 0.3) is 11.8 Å². The molecule has 0 atom stereocenters. The minimum atomic E-state index is -0.699. The second kappa shape index (κ2) is 11.8. The zero-order valence-corrected chi connectivity index (χ0v) is 21.0. The zero-order chi connectivity index (χ0) is 23.8. The third-order valence-corrected chi connectivity index (χ3v) is 5.55. The van der Waals surface area contributed by atoms with E-state index in [4.69, 9.17) is 10.5 Å². The number of ether oxygens (including phenoxy) is 1. The maximum atomic E-state index is 13.3. The first-order valence-electron chi connectivity index (χ1n) is 11.0. The Morgan fingerprint density at radius 2 is 1.94 bits per heavy atom. The van der Waals surface area contributed by atoms with Crippen molar-refractivity contribution >= 4 is 40.2 Å². The van der Waals surface area contributed by atoms with E-state index in [-0.39, 0.29) is 11.6 Å². The second-order valence-corrected chi connectivity index (χ2v) is 8.81. The Labute approximate surface area is 207 Å². The Morgan fingerprint density at radius 1 is 1.18 bits per heavy atom. The zero-order valence-electron chi connectivity index (χ0n) is 18.8. The van der Waals surface area contributed by atoms with Crippen LogP contribution in [0, 0.1) is 3.57 Å². The van der Waals surface area contributed by atoms with Gasteiger partial charge in [-0.1, -0.05) is 50.6 Å². The number of benzene rings is 1. The summed E-state index contributed by atoms with van der Waals surface area (Å²) in [4.78, 5) is 34.3. The number of imidazole rings is 1. The van der Waals surface area contributed by atoms with Crippen LogP contribution in [-0.4, -0.2) is 33.0 Å². The number of anilines is 1. The second-order valence-electron chi connectivity index (χ2n) is 7.57. The summed E-state index contributed by atoms with van der Waals surface area (Å²) in [5, 5.41) is 2.86. The van der Waals surface area contributed by atoms with Gasteiger partial charge < -0.3 is 20.4 Å². The number of unbranched alkanes of at least 4 members (excludes halogenated alkanes) is 1. The van der Waals surface area contributed by atoms with Gasteiger partial charge in [-0.2, -0.15) is 0 Å². The molecule has 3 rings (SSSR count). The molecule has 3 N–H and O–H groups in total. The van der Waals surface area contributed by atoms with Crippen LogP contribution in [0.15, 0.2) is 42.6 Å². The smallest absolute Gasteiger partial charge is 0.271 e. The molecule has 0 fully saturated rings. The highest BCUT2D eigenvalue weighted by atomic mass is 127. The summed E-state index contributed by atoms with van der Waals surface area (Å²) in [5.74, 6) is 0.0761. The number of nitrogens with one attached hydrogen (secondary N) is 1. The standard InChI is InChI=1S/C24H28IN5O3/c1-3-5-12-33-24-18(14-17(25)15-27-24)23(32)29-22-20(21(26)31)28-19(30(22)11-4-2)13-16-9-7-6-8-10-16/h6-10,14-15H,3-5,11-13H2,1-2H3,(H2,26,31)(H,29,32). The molecule has 0 saturated heterocycles. The molecule has 0 spiro atoms. The van der Waals surface area contributed by atoms with E-state index in [9.17, 15) is 9.59 Å². The number of carbonyl (C=O) groups is 2. The Hall–Kier alpha value is -2.95. The number of rotatable bonds is 11. The van der Waals surface area contributed by atoms with E-state index >= 15 is 0 Å². The molecule has 0 aliphatic rings. The summed E-state index contributed by atoms with van der Waals surface area (Å²) in [6.07, 6.45) is 4.76. The van der Waals surface area contributed by atoms with Crippen LogP contribution in [0.25, 0.3) is 0 Å². The van der Waals surface area contributed by atoms with Crippen molar-refractivity contribution in [2.75, 3.05) is 11.9 Å². The lowest BCUT2D eigenvalue weighted by Gasteiger charge is -2.14. The molecule has 3 aromatic rings. The normalized spacial score (nSPS) is 10.8. The molecular formula is C24H28IN5O3. The molecule has 0 saturated carbocycles. The molecule has 0 bridgehead atoms. The van der Waals surface area contributed by atoms with Crippen molar-refractivity contribution in [3.63, 3.8) is 0 Å². The van der Waals surface area contributed by atoms with Crippen LogP contribution in [0.3, 0.4) is 0 Å². The maximum Gasteiger partial charge on any atom is 0.271 e. The molecule has 8 nitrogen and oxygen atoms in total. The van der Waals surface area contributed by atoms with Gasteiger partial charge in [0.2, 0.25) is 5.88 Å². The third-order valence-electron chi connectivity index (χ3n) is 4.96. The SMILES string of the molecule is CCCCOc1ncc(I)cc1C(=O)Nc1c(C(N)=O)nc(Cc2ccccc2)n1CCC. The monoisotopic (exact) mass is 561 g/mol. The van der Waals surface area contributed by atoms with Crippen LogP contribution < -0.4 is 15.8 Å². The van der Waals surface area contributed by atoms with Gasteiger partial charge in [-0.25, -0.2) is 9.97 Å². The molecule has 33 heavy (non-hydrogen) atoms. The number of pyridine rings is 1. The lowest BCUT2D eigenvalue weighted by molar-refractivity contribution is 0.0996. The van der Waals surface area contributed by atoms with Crippen molar-refractivity contribution < 1.29 is 14.3 Å². The Morgan fingerprint density at radius 3 is 2.61 bits per heavy atom. The van der Waals surface area contributed by atoms with Crippen molar-refractivity contribution in [3.8, 4) is 5.88 Å². The van der Waals surface area contributed by atoms with Gasteiger partial charge in [-0.05, 0) is 47.1 Å². The minimum Gasteiger partial charge on any atom is -0.477 e. The lowest BCUT2D eigenvalue weighted by atomic mass is 10.1. The largest absolute Gasteiger partial charge is 0.477 e. The Bertz CT molecular complexity index is 1110. The number of nitrogens with zero attached hydrogens (tertiary/aromatic N) is 3. The minimum absolute atomic E-state index is 0.0368. The van der Waals surface area contributed by atoms with Crippen LogP contribution in [0.5, 0.6) is 5.88 Å². The number of nitrogens with two attached hydrogens (primary N) is 1. The topological polar surface area (TPSA) is 112 Å². The average Bonchev–Trinajstić information content (AvgIpc) is 3.13. The van der Waals surface area contributed by atoms with E-state index in [1.54, 1.807) is 12.3 Å². The fourth-order valence-electron chi connectivity index (χ4n) is 3.37. The molecule has 9 heteroatoms. The summed E-state index contributed by atoms with van der Waals surface area (Å²) in [5.41, 5.74) is 7.01. The number of hydrogen-bond donors (Lipinski definition) is 2. The van der Waals surface area contributed by atoms with E-state index in [2.05, 4.69) is 44.8 Å². The summed E-state index contributed by atoms with van der Waals surface area (Å²) < 4.78 is 8.39. The fraction of sp³-hybridized carbons (Fsp3) is 0.333. The third kappa shape index (κ3) is 6.31. The van der Waals surface area contributed by atoms with E-state index in [0.29, 0.717) is 36.8 Å². The molecule has 0 unspecified atom stereocenters. The van der Waals surface area contributed by atoms with Gasteiger partial charge in [-0.3, -0.25) is 9.59 Å². The van der Waals surface area contributed by atoms with Crippen molar-refractivity contribution in [3.05, 3.63) is 68.8 Å². The number of carbonyl (C=O) groups excluding carboxylic acids is 2. The molecule has 2 heterocycles. The molecule has 0 radical (unpaired) electrons. The van der Waals surface area contributed by atoms with Crippen molar-refractivity contribution in [1.82, 2.24) is 14.5 Å². The number of aromatic nitrogens is 3. The van der Waals surface area contributed by atoms with Crippen LogP contribution in [0.1, 0.15) is 65.3 Å². The predicted molar refractivity (Wildman–Crippen MR) is 136 cm³/mol. The van der Waals surface area contributed by atoms with E-state index in [0.717, 1.165) is 28.4 Å². The lowest BCUT2D eigenvalue weighted by Crippen LogP contribution is -2.21.